The lowest BCUT2D eigenvalue weighted by Crippen LogP contribution is -2.14. The fourth-order valence-electron chi connectivity index (χ4n) is 3.99. The summed E-state index contributed by atoms with van der Waals surface area (Å²) in [6.07, 6.45) is 5.70. The molecule has 0 saturated heterocycles. The average molecular weight is 394 g/mol. The molecule has 150 valence electrons. The molecular weight excluding hydrogens is 372 g/mol. The van der Waals surface area contributed by atoms with Gasteiger partial charge in [0.05, 0.1) is 16.6 Å². The number of aromatic carboxylic acids is 1. The first-order chi connectivity index (χ1) is 14.0. The number of imidazole rings is 1. The maximum atomic E-state index is 11.4. The summed E-state index contributed by atoms with van der Waals surface area (Å²) < 4.78 is 7.44. The SMILES string of the molecule is O=C(O)COc1ccc(-c2nc3cc(C(=O)O)ccc3n2C2CCCCC2)cc1. The first-order valence-corrected chi connectivity index (χ1v) is 9.73. The third kappa shape index (κ3) is 3.94. The first-order valence-electron chi connectivity index (χ1n) is 9.73. The number of hydrogen-bond donors (Lipinski definition) is 2. The second-order valence-corrected chi connectivity index (χ2v) is 7.31. The van der Waals surface area contributed by atoms with Gasteiger partial charge in [0.25, 0.3) is 0 Å². The van der Waals surface area contributed by atoms with Gasteiger partial charge in [0.15, 0.2) is 6.61 Å². The van der Waals surface area contributed by atoms with Crippen molar-refractivity contribution < 1.29 is 24.5 Å². The fourth-order valence-corrected chi connectivity index (χ4v) is 3.99. The summed E-state index contributed by atoms with van der Waals surface area (Å²) in [5.74, 6) is -0.730. The van der Waals surface area contributed by atoms with Crippen LogP contribution in [0.3, 0.4) is 0 Å². The predicted molar refractivity (Wildman–Crippen MR) is 107 cm³/mol. The van der Waals surface area contributed by atoms with E-state index in [0.29, 0.717) is 17.3 Å². The van der Waals surface area contributed by atoms with Crippen LogP contribution in [0.4, 0.5) is 0 Å². The molecule has 2 N–H and O–H groups in total. The number of ether oxygens (including phenoxy) is 1. The number of benzene rings is 2. The molecule has 1 fully saturated rings. The summed E-state index contributed by atoms with van der Waals surface area (Å²) in [6.45, 7) is -0.391. The summed E-state index contributed by atoms with van der Waals surface area (Å²) in [7, 11) is 0. The maximum Gasteiger partial charge on any atom is 0.341 e. The molecule has 1 aliphatic carbocycles. The average Bonchev–Trinajstić information content (AvgIpc) is 3.12. The Labute approximate surface area is 167 Å². The minimum Gasteiger partial charge on any atom is -0.482 e. The Balaban J connectivity index is 1.77. The van der Waals surface area contributed by atoms with Crippen molar-refractivity contribution in [2.45, 2.75) is 38.1 Å². The molecule has 0 aliphatic heterocycles. The number of rotatable bonds is 6. The maximum absolute atomic E-state index is 11.4. The quantitative estimate of drug-likeness (QED) is 0.644. The van der Waals surface area contributed by atoms with E-state index in [0.717, 1.165) is 29.7 Å². The third-order valence-electron chi connectivity index (χ3n) is 5.35. The topological polar surface area (TPSA) is 102 Å². The van der Waals surface area contributed by atoms with E-state index in [9.17, 15) is 14.7 Å². The first kappa shape index (κ1) is 19.0. The lowest BCUT2D eigenvalue weighted by molar-refractivity contribution is -0.139. The lowest BCUT2D eigenvalue weighted by Gasteiger charge is -2.25. The van der Waals surface area contributed by atoms with Gasteiger partial charge in [0.1, 0.15) is 11.6 Å². The number of aliphatic carboxylic acids is 1. The van der Waals surface area contributed by atoms with E-state index in [1.165, 1.54) is 19.3 Å². The molecule has 0 amide bonds. The van der Waals surface area contributed by atoms with E-state index in [4.69, 9.17) is 14.8 Å². The summed E-state index contributed by atoms with van der Waals surface area (Å²) in [4.78, 5) is 26.8. The van der Waals surface area contributed by atoms with Gasteiger partial charge in [-0.3, -0.25) is 0 Å². The van der Waals surface area contributed by atoms with Crippen LogP contribution in [-0.2, 0) is 4.79 Å². The van der Waals surface area contributed by atoms with Crippen LogP contribution in [0.1, 0.15) is 48.5 Å². The highest BCUT2D eigenvalue weighted by Gasteiger charge is 2.23. The van der Waals surface area contributed by atoms with Crippen molar-refractivity contribution in [1.82, 2.24) is 9.55 Å². The highest BCUT2D eigenvalue weighted by molar-refractivity contribution is 5.93. The largest absolute Gasteiger partial charge is 0.482 e. The zero-order chi connectivity index (χ0) is 20.4. The number of hydrogen-bond acceptors (Lipinski definition) is 4. The molecule has 7 nitrogen and oxygen atoms in total. The molecule has 0 unspecified atom stereocenters. The normalized spacial score (nSPS) is 14.8. The molecule has 7 heteroatoms. The number of carbonyl (C=O) groups is 2. The Morgan fingerprint density at radius 3 is 2.41 bits per heavy atom. The standard InChI is InChI=1S/C22H22N2O5/c25-20(26)13-29-17-9-6-14(7-10-17)21-23-18-12-15(22(27)28)8-11-19(18)24(21)16-4-2-1-3-5-16/h6-12,16H,1-5,13H2,(H,25,26)(H,27,28). The van der Waals surface area contributed by atoms with Crippen molar-refractivity contribution >= 4 is 23.0 Å². The molecule has 3 aromatic rings. The van der Waals surface area contributed by atoms with Gasteiger partial charge in [0, 0.05) is 11.6 Å². The molecule has 1 aromatic heterocycles. The number of carboxylic acids is 2. The molecule has 0 bridgehead atoms. The lowest BCUT2D eigenvalue weighted by atomic mass is 9.95. The van der Waals surface area contributed by atoms with E-state index >= 15 is 0 Å². The molecule has 0 radical (unpaired) electrons. The van der Waals surface area contributed by atoms with Gasteiger partial charge in [-0.05, 0) is 55.3 Å². The summed E-state index contributed by atoms with van der Waals surface area (Å²) in [6, 6.07) is 12.6. The van der Waals surface area contributed by atoms with Crippen molar-refractivity contribution in [3.8, 4) is 17.1 Å². The molecule has 1 aliphatic rings. The Hall–Kier alpha value is -3.35. The van der Waals surface area contributed by atoms with Crippen molar-refractivity contribution in [2.24, 2.45) is 0 Å². The van der Waals surface area contributed by atoms with Gasteiger partial charge in [0.2, 0.25) is 0 Å². The van der Waals surface area contributed by atoms with E-state index in [1.54, 1.807) is 24.3 Å². The van der Waals surface area contributed by atoms with Crippen molar-refractivity contribution in [3.05, 3.63) is 48.0 Å². The van der Waals surface area contributed by atoms with Crippen molar-refractivity contribution in [1.29, 1.82) is 0 Å². The summed E-state index contributed by atoms with van der Waals surface area (Å²) in [5.41, 5.74) is 2.70. The number of nitrogens with zero attached hydrogens (tertiary/aromatic N) is 2. The second-order valence-electron chi connectivity index (χ2n) is 7.31. The fraction of sp³-hybridized carbons (Fsp3) is 0.318. The number of carboxylic acid groups (broad SMARTS) is 2. The van der Waals surface area contributed by atoms with Crippen LogP contribution in [0.2, 0.25) is 0 Å². The van der Waals surface area contributed by atoms with Gasteiger partial charge in [-0.15, -0.1) is 0 Å². The molecule has 29 heavy (non-hydrogen) atoms. The molecule has 0 spiro atoms. The Morgan fingerprint density at radius 1 is 1.03 bits per heavy atom. The minimum atomic E-state index is -1.03. The van der Waals surface area contributed by atoms with Crippen LogP contribution in [-0.4, -0.2) is 38.3 Å². The third-order valence-corrected chi connectivity index (χ3v) is 5.35. The Kier molecular flexibility index (Phi) is 5.20. The molecule has 0 atom stereocenters. The van der Waals surface area contributed by atoms with Gasteiger partial charge >= 0.3 is 11.9 Å². The number of aromatic nitrogens is 2. The van der Waals surface area contributed by atoms with Crippen LogP contribution in [0.25, 0.3) is 22.4 Å². The zero-order valence-electron chi connectivity index (χ0n) is 15.9. The van der Waals surface area contributed by atoms with Gasteiger partial charge in [-0.25, -0.2) is 14.6 Å². The second kappa shape index (κ2) is 7.95. The summed E-state index contributed by atoms with van der Waals surface area (Å²) >= 11 is 0. The zero-order valence-corrected chi connectivity index (χ0v) is 15.9. The number of fused-ring (bicyclic) bond motifs is 1. The molecule has 1 saturated carbocycles. The predicted octanol–water partition coefficient (Wildman–Crippen LogP) is 4.37. The molecule has 2 aromatic carbocycles. The van der Waals surface area contributed by atoms with E-state index < -0.39 is 18.5 Å². The molecular formula is C22H22N2O5. The van der Waals surface area contributed by atoms with Crippen LogP contribution in [0.15, 0.2) is 42.5 Å². The highest BCUT2D eigenvalue weighted by Crippen LogP contribution is 2.36. The van der Waals surface area contributed by atoms with Crippen molar-refractivity contribution in [2.75, 3.05) is 6.61 Å². The van der Waals surface area contributed by atoms with Gasteiger partial charge < -0.3 is 19.5 Å². The summed E-state index contributed by atoms with van der Waals surface area (Å²) in [5, 5.41) is 18.1. The van der Waals surface area contributed by atoms with Crippen LogP contribution >= 0.6 is 0 Å². The van der Waals surface area contributed by atoms with Gasteiger partial charge in [-0.1, -0.05) is 19.3 Å². The molecule has 1 heterocycles. The van der Waals surface area contributed by atoms with Gasteiger partial charge in [-0.2, -0.15) is 0 Å². The Morgan fingerprint density at radius 2 is 1.76 bits per heavy atom. The van der Waals surface area contributed by atoms with E-state index in [-0.39, 0.29) is 5.56 Å². The Bertz CT molecular complexity index is 1050. The van der Waals surface area contributed by atoms with E-state index in [1.807, 2.05) is 18.2 Å². The molecule has 4 rings (SSSR count). The highest BCUT2D eigenvalue weighted by atomic mass is 16.5. The van der Waals surface area contributed by atoms with Crippen LogP contribution in [0.5, 0.6) is 5.75 Å². The van der Waals surface area contributed by atoms with E-state index in [2.05, 4.69) is 4.57 Å². The monoisotopic (exact) mass is 394 g/mol. The smallest absolute Gasteiger partial charge is 0.341 e. The van der Waals surface area contributed by atoms with Crippen molar-refractivity contribution in [3.63, 3.8) is 0 Å². The van der Waals surface area contributed by atoms with Crippen LogP contribution in [0, 0.1) is 0 Å². The van der Waals surface area contributed by atoms with Crippen LogP contribution < -0.4 is 4.74 Å². The minimum absolute atomic E-state index is 0.217.